The Bertz CT molecular complexity index is 487. The molecule has 0 heterocycles. The molecule has 1 saturated carbocycles. The number of hydrogen-bond acceptors (Lipinski definition) is 5. The van der Waals surface area contributed by atoms with Gasteiger partial charge in [-0.15, -0.1) is 0 Å². The third-order valence-electron chi connectivity index (χ3n) is 4.05. The van der Waals surface area contributed by atoms with Crippen molar-refractivity contribution in [3.05, 3.63) is 28.3 Å². The Labute approximate surface area is 124 Å². The van der Waals surface area contributed by atoms with Crippen LogP contribution in [0.2, 0.25) is 0 Å². The maximum absolute atomic E-state index is 11.0. The fourth-order valence-electron chi connectivity index (χ4n) is 3.02. The zero-order valence-corrected chi connectivity index (χ0v) is 12.3. The number of nitro benzene ring substituents is 1. The molecule has 0 bridgehead atoms. The monoisotopic (exact) mass is 294 g/mol. The van der Waals surface area contributed by atoms with E-state index in [1.54, 1.807) is 12.1 Å². The lowest BCUT2D eigenvalue weighted by Crippen LogP contribution is -2.38. The van der Waals surface area contributed by atoms with Crippen molar-refractivity contribution in [2.75, 3.05) is 25.2 Å². The molecule has 1 aromatic carbocycles. The van der Waals surface area contributed by atoms with Crippen LogP contribution in [0, 0.1) is 10.1 Å². The first-order valence-electron chi connectivity index (χ1n) is 7.37. The summed E-state index contributed by atoms with van der Waals surface area (Å²) in [4.78, 5) is 12.7. The van der Waals surface area contributed by atoms with Gasteiger partial charge in [0.1, 0.15) is 0 Å². The molecule has 1 aliphatic rings. The first-order valence-corrected chi connectivity index (χ1v) is 7.37. The van der Waals surface area contributed by atoms with E-state index in [1.807, 2.05) is 0 Å². The molecule has 0 saturated heterocycles. The Morgan fingerprint density at radius 1 is 1.38 bits per heavy atom. The fourth-order valence-corrected chi connectivity index (χ4v) is 3.02. The summed E-state index contributed by atoms with van der Waals surface area (Å²) in [5.74, 6) is 0.260. The molecular formula is C15H22N2O4. The Balaban J connectivity index is 2.28. The van der Waals surface area contributed by atoms with Crippen molar-refractivity contribution < 1.29 is 14.8 Å². The molecule has 0 atom stereocenters. The lowest BCUT2D eigenvalue weighted by atomic mass is 9.93. The molecule has 2 rings (SSSR count). The van der Waals surface area contributed by atoms with Crippen molar-refractivity contribution in [3.63, 3.8) is 0 Å². The number of aliphatic hydroxyl groups excluding tert-OH is 1. The van der Waals surface area contributed by atoms with E-state index < -0.39 is 4.92 Å². The second kappa shape index (κ2) is 7.26. The topological polar surface area (TPSA) is 75.8 Å². The summed E-state index contributed by atoms with van der Waals surface area (Å²) >= 11 is 0. The van der Waals surface area contributed by atoms with Crippen molar-refractivity contribution in [2.24, 2.45) is 0 Å². The molecule has 0 aliphatic heterocycles. The molecule has 0 amide bonds. The molecular weight excluding hydrogens is 272 g/mol. The molecule has 0 unspecified atom stereocenters. The number of nitrogens with zero attached hydrogens (tertiary/aromatic N) is 2. The van der Waals surface area contributed by atoms with E-state index in [0.29, 0.717) is 12.6 Å². The standard InChI is InChI=1S/C15H22N2O4/c1-21-15-11-13(7-8-14(15)17(19)20)16(9-10-18)12-5-3-2-4-6-12/h7-8,11-12,18H,2-6,9-10H2,1H3. The largest absolute Gasteiger partial charge is 0.490 e. The van der Waals surface area contributed by atoms with Gasteiger partial charge in [-0.25, -0.2) is 0 Å². The predicted octanol–water partition coefficient (Wildman–Crippen LogP) is 2.73. The molecule has 21 heavy (non-hydrogen) atoms. The van der Waals surface area contributed by atoms with E-state index in [1.165, 1.54) is 32.4 Å². The van der Waals surface area contributed by atoms with Crippen LogP contribution < -0.4 is 9.64 Å². The van der Waals surface area contributed by atoms with Gasteiger partial charge in [0, 0.05) is 30.4 Å². The molecule has 116 valence electrons. The van der Waals surface area contributed by atoms with Gasteiger partial charge in [0.15, 0.2) is 5.75 Å². The molecule has 0 aromatic heterocycles. The summed E-state index contributed by atoms with van der Waals surface area (Å²) in [6, 6.07) is 5.30. The summed E-state index contributed by atoms with van der Waals surface area (Å²) < 4.78 is 5.13. The highest BCUT2D eigenvalue weighted by atomic mass is 16.6. The van der Waals surface area contributed by atoms with Crippen LogP contribution in [-0.4, -0.2) is 36.3 Å². The van der Waals surface area contributed by atoms with Crippen molar-refractivity contribution in [1.82, 2.24) is 0 Å². The van der Waals surface area contributed by atoms with Crippen LogP contribution in [0.3, 0.4) is 0 Å². The van der Waals surface area contributed by atoms with Crippen LogP contribution in [0.15, 0.2) is 18.2 Å². The highest BCUT2D eigenvalue weighted by Gasteiger charge is 2.23. The van der Waals surface area contributed by atoms with E-state index in [9.17, 15) is 15.2 Å². The average Bonchev–Trinajstić information content (AvgIpc) is 2.52. The van der Waals surface area contributed by atoms with Gasteiger partial charge in [0.05, 0.1) is 18.6 Å². The van der Waals surface area contributed by atoms with Crippen LogP contribution in [-0.2, 0) is 0 Å². The number of benzene rings is 1. The smallest absolute Gasteiger partial charge is 0.311 e. The Hall–Kier alpha value is -1.82. The number of aliphatic hydroxyl groups is 1. The van der Waals surface area contributed by atoms with Crippen LogP contribution >= 0.6 is 0 Å². The van der Waals surface area contributed by atoms with Crippen LogP contribution in [0.25, 0.3) is 0 Å². The van der Waals surface area contributed by atoms with Gasteiger partial charge in [-0.2, -0.15) is 0 Å². The molecule has 0 spiro atoms. The SMILES string of the molecule is COc1cc(N(CCO)C2CCCCC2)ccc1[N+](=O)[O-]. The lowest BCUT2D eigenvalue weighted by molar-refractivity contribution is -0.385. The Morgan fingerprint density at radius 3 is 2.67 bits per heavy atom. The minimum absolute atomic E-state index is 0.0335. The number of anilines is 1. The zero-order chi connectivity index (χ0) is 15.2. The Kier molecular flexibility index (Phi) is 5.38. The van der Waals surface area contributed by atoms with E-state index in [0.717, 1.165) is 18.5 Å². The third kappa shape index (κ3) is 3.64. The highest BCUT2D eigenvalue weighted by molar-refractivity contribution is 5.59. The number of methoxy groups -OCH3 is 1. The number of ether oxygens (including phenoxy) is 1. The van der Waals surface area contributed by atoms with Gasteiger partial charge in [-0.1, -0.05) is 19.3 Å². The first-order chi connectivity index (χ1) is 10.2. The maximum atomic E-state index is 11.0. The van der Waals surface area contributed by atoms with Crippen LogP contribution in [0.4, 0.5) is 11.4 Å². The molecule has 1 N–H and O–H groups in total. The summed E-state index contributed by atoms with van der Waals surface area (Å²) in [7, 11) is 1.43. The zero-order valence-electron chi connectivity index (χ0n) is 12.3. The molecule has 6 nitrogen and oxygen atoms in total. The quantitative estimate of drug-likeness (QED) is 0.645. The summed E-state index contributed by atoms with van der Waals surface area (Å²) in [6.07, 6.45) is 5.83. The van der Waals surface area contributed by atoms with Gasteiger partial charge in [0.2, 0.25) is 0 Å². The van der Waals surface area contributed by atoms with Gasteiger partial charge >= 0.3 is 5.69 Å². The Morgan fingerprint density at radius 2 is 2.10 bits per heavy atom. The van der Waals surface area contributed by atoms with Crippen LogP contribution in [0.5, 0.6) is 5.75 Å². The normalized spacial score (nSPS) is 15.7. The molecule has 1 fully saturated rings. The minimum atomic E-state index is -0.445. The maximum Gasteiger partial charge on any atom is 0.311 e. The second-order valence-corrected chi connectivity index (χ2v) is 5.32. The number of rotatable bonds is 6. The molecule has 6 heteroatoms. The van der Waals surface area contributed by atoms with Gasteiger partial charge < -0.3 is 14.7 Å². The highest BCUT2D eigenvalue weighted by Crippen LogP contribution is 2.34. The molecule has 1 aliphatic carbocycles. The van der Waals surface area contributed by atoms with E-state index in [4.69, 9.17) is 4.74 Å². The number of hydrogen-bond donors (Lipinski definition) is 1. The number of nitro groups is 1. The van der Waals surface area contributed by atoms with Crippen molar-refractivity contribution >= 4 is 11.4 Å². The van der Waals surface area contributed by atoms with Gasteiger partial charge in [-0.05, 0) is 18.9 Å². The second-order valence-electron chi connectivity index (χ2n) is 5.32. The molecule has 0 radical (unpaired) electrons. The average molecular weight is 294 g/mol. The van der Waals surface area contributed by atoms with E-state index in [-0.39, 0.29) is 18.0 Å². The predicted molar refractivity (Wildman–Crippen MR) is 81.0 cm³/mol. The van der Waals surface area contributed by atoms with Crippen molar-refractivity contribution in [3.8, 4) is 5.75 Å². The summed E-state index contributed by atoms with van der Waals surface area (Å²) in [5.41, 5.74) is 0.840. The lowest BCUT2D eigenvalue weighted by Gasteiger charge is -2.35. The third-order valence-corrected chi connectivity index (χ3v) is 4.05. The van der Waals surface area contributed by atoms with E-state index in [2.05, 4.69) is 4.90 Å². The van der Waals surface area contributed by atoms with Gasteiger partial charge in [-0.3, -0.25) is 10.1 Å². The minimum Gasteiger partial charge on any atom is -0.490 e. The summed E-state index contributed by atoms with van der Waals surface area (Å²) in [5, 5.41) is 20.3. The first kappa shape index (κ1) is 15.6. The van der Waals surface area contributed by atoms with E-state index >= 15 is 0 Å². The summed E-state index contributed by atoms with van der Waals surface area (Å²) in [6.45, 7) is 0.599. The molecule has 1 aromatic rings. The van der Waals surface area contributed by atoms with Gasteiger partial charge in [0.25, 0.3) is 0 Å². The van der Waals surface area contributed by atoms with Crippen molar-refractivity contribution in [1.29, 1.82) is 0 Å². The fraction of sp³-hybridized carbons (Fsp3) is 0.600. The van der Waals surface area contributed by atoms with Crippen molar-refractivity contribution in [2.45, 2.75) is 38.1 Å². The van der Waals surface area contributed by atoms with Crippen LogP contribution in [0.1, 0.15) is 32.1 Å².